The summed E-state index contributed by atoms with van der Waals surface area (Å²) in [7, 11) is -3.37. The van der Waals surface area contributed by atoms with E-state index in [-0.39, 0.29) is 23.1 Å². The maximum absolute atomic E-state index is 12.5. The molecule has 1 saturated heterocycles. The molecule has 0 spiro atoms. The molecule has 1 N–H and O–H groups in total. The molecule has 0 unspecified atom stereocenters. The van der Waals surface area contributed by atoms with Crippen LogP contribution in [-0.4, -0.2) is 37.3 Å². The number of amides is 1. The molecule has 1 amide bonds. The molecule has 1 aromatic carbocycles. The lowest BCUT2D eigenvalue weighted by atomic mass is 9.96. The minimum atomic E-state index is -3.37. The van der Waals surface area contributed by atoms with E-state index in [9.17, 15) is 13.2 Å². The van der Waals surface area contributed by atoms with E-state index in [0.29, 0.717) is 36.5 Å². The molecule has 2 rings (SSSR count). The molecule has 0 saturated carbocycles. The maximum Gasteiger partial charge on any atom is 0.223 e. The zero-order valence-electron chi connectivity index (χ0n) is 14.4. The number of halogens is 1. The molecule has 1 aromatic rings. The molecular weight excluding hydrogens is 348 g/mol. The number of rotatable bonds is 4. The van der Waals surface area contributed by atoms with Crippen molar-refractivity contribution in [2.75, 3.05) is 13.1 Å². The van der Waals surface area contributed by atoms with E-state index in [0.717, 1.165) is 0 Å². The number of hydrogen-bond donors (Lipinski definition) is 1. The Labute approximate surface area is 149 Å². The van der Waals surface area contributed by atoms with Crippen LogP contribution < -0.4 is 5.32 Å². The summed E-state index contributed by atoms with van der Waals surface area (Å²) in [4.78, 5) is 12.2. The summed E-state index contributed by atoms with van der Waals surface area (Å²) in [5.74, 6) is -0.147. The number of sulfonamides is 1. The fraction of sp³-hybridized carbons (Fsp3) is 0.588. The molecule has 1 aliphatic heterocycles. The van der Waals surface area contributed by atoms with Crippen molar-refractivity contribution in [3.63, 3.8) is 0 Å². The third-order valence-electron chi connectivity index (χ3n) is 3.98. The molecule has 1 aliphatic rings. The zero-order valence-corrected chi connectivity index (χ0v) is 16.0. The minimum Gasteiger partial charge on any atom is -0.351 e. The van der Waals surface area contributed by atoms with Crippen molar-refractivity contribution >= 4 is 27.5 Å². The molecule has 0 bridgehead atoms. The molecule has 0 atom stereocenters. The van der Waals surface area contributed by atoms with Crippen LogP contribution in [0, 0.1) is 5.92 Å². The highest BCUT2D eigenvalue weighted by Crippen LogP contribution is 2.23. The fourth-order valence-corrected chi connectivity index (χ4v) is 4.44. The Morgan fingerprint density at radius 1 is 1.21 bits per heavy atom. The summed E-state index contributed by atoms with van der Waals surface area (Å²) in [6.07, 6.45) is 1.11. The van der Waals surface area contributed by atoms with Crippen molar-refractivity contribution < 1.29 is 13.2 Å². The Morgan fingerprint density at radius 3 is 2.25 bits per heavy atom. The largest absolute Gasteiger partial charge is 0.351 e. The number of benzene rings is 1. The van der Waals surface area contributed by atoms with E-state index >= 15 is 0 Å². The van der Waals surface area contributed by atoms with Crippen molar-refractivity contribution in [2.45, 2.75) is 44.9 Å². The number of hydrogen-bond acceptors (Lipinski definition) is 3. The van der Waals surface area contributed by atoms with Crippen LogP contribution >= 0.6 is 11.6 Å². The highest BCUT2D eigenvalue weighted by molar-refractivity contribution is 7.88. The Morgan fingerprint density at radius 2 is 1.75 bits per heavy atom. The average molecular weight is 373 g/mol. The Balaban J connectivity index is 1.93. The second kappa shape index (κ2) is 7.42. The summed E-state index contributed by atoms with van der Waals surface area (Å²) in [5, 5.41) is 3.55. The third kappa shape index (κ3) is 5.46. The lowest BCUT2D eigenvalue weighted by molar-refractivity contribution is -0.127. The van der Waals surface area contributed by atoms with E-state index in [2.05, 4.69) is 5.32 Å². The molecule has 134 valence electrons. The van der Waals surface area contributed by atoms with Gasteiger partial charge in [0, 0.05) is 29.6 Å². The van der Waals surface area contributed by atoms with Gasteiger partial charge >= 0.3 is 0 Å². The van der Waals surface area contributed by atoms with Crippen LogP contribution in [0.5, 0.6) is 0 Å². The molecule has 24 heavy (non-hydrogen) atoms. The average Bonchev–Trinajstić information content (AvgIpc) is 2.48. The van der Waals surface area contributed by atoms with Crippen molar-refractivity contribution in [1.82, 2.24) is 9.62 Å². The Bertz CT molecular complexity index is 673. The summed E-state index contributed by atoms with van der Waals surface area (Å²) in [6, 6.07) is 6.83. The third-order valence-corrected chi connectivity index (χ3v) is 6.08. The van der Waals surface area contributed by atoms with Crippen molar-refractivity contribution in [1.29, 1.82) is 0 Å². The lowest BCUT2D eigenvalue weighted by Crippen LogP contribution is -2.48. The number of nitrogens with one attached hydrogen (secondary N) is 1. The second-order valence-electron chi connectivity index (χ2n) is 7.30. The van der Waals surface area contributed by atoms with Crippen molar-refractivity contribution in [3.05, 3.63) is 34.9 Å². The van der Waals surface area contributed by atoms with Gasteiger partial charge in [0.1, 0.15) is 0 Å². The van der Waals surface area contributed by atoms with Gasteiger partial charge in [-0.2, -0.15) is 0 Å². The monoisotopic (exact) mass is 372 g/mol. The van der Waals surface area contributed by atoms with E-state index in [1.54, 1.807) is 24.3 Å². The number of carbonyl (C=O) groups is 1. The van der Waals surface area contributed by atoms with Crippen LogP contribution in [0.1, 0.15) is 39.2 Å². The molecule has 1 heterocycles. The molecule has 0 aliphatic carbocycles. The topological polar surface area (TPSA) is 66.5 Å². The van der Waals surface area contributed by atoms with Gasteiger partial charge in [-0.3, -0.25) is 4.79 Å². The Hall–Kier alpha value is -1.11. The predicted octanol–water partition coefficient (Wildman–Crippen LogP) is 2.80. The van der Waals surface area contributed by atoms with Gasteiger partial charge in [-0.05, 0) is 51.3 Å². The van der Waals surface area contributed by atoms with E-state index in [4.69, 9.17) is 11.6 Å². The summed E-state index contributed by atoms with van der Waals surface area (Å²) in [6.45, 7) is 6.60. The van der Waals surface area contributed by atoms with Crippen LogP contribution in [0.4, 0.5) is 0 Å². The SMILES string of the molecule is CC(C)(C)NC(=O)C1CCN(S(=O)(=O)Cc2ccc(Cl)cc2)CC1. The molecule has 7 heteroatoms. The van der Waals surface area contributed by atoms with Gasteiger partial charge in [0.2, 0.25) is 15.9 Å². The molecule has 1 fully saturated rings. The number of piperidine rings is 1. The lowest BCUT2D eigenvalue weighted by Gasteiger charge is -2.32. The van der Waals surface area contributed by atoms with Gasteiger partial charge in [0.15, 0.2) is 0 Å². The minimum absolute atomic E-state index is 0.0113. The second-order valence-corrected chi connectivity index (χ2v) is 9.70. The molecule has 0 radical (unpaired) electrons. The first kappa shape index (κ1) is 19.2. The summed E-state index contributed by atoms with van der Waals surface area (Å²) in [5.41, 5.74) is 0.446. The van der Waals surface area contributed by atoms with Crippen molar-refractivity contribution in [2.24, 2.45) is 5.92 Å². The molecular formula is C17H25ClN2O3S. The molecule has 0 aromatic heterocycles. The van der Waals surface area contributed by atoms with Gasteiger partial charge in [-0.25, -0.2) is 12.7 Å². The van der Waals surface area contributed by atoms with E-state index in [1.807, 2.05) is 20.8 Å². The fourth-order valence-electron chi connectivity index (χ4n) is 2.75. The van der Waals surface area contributed by atoms with Crippen LogP contribution in [0.25, 0.3) is 0 Å². The number of nitrogens with zero attached hydrogens (tertiary/aromatic N) is 1. The summed E-state index contributed by atoms with van der Waals surface area (Å²) < 4.78 is 26.6. The van der Waals surface area contributed by atoms with Gasteiger partial charge < -0.3 is 5.32 Å². The highest BCUT2D eigenvalue weighted by atomic mass is 35.5. The van der Waals surface area contributed by atoms with E-state index < -0.39 is 10.0 Å². The van der Waals surface area contributed by atoms with Crippen LogP contribution in [0.3, 0.4) is 0 Å². The van der Waals surface area contributed by atoms with Crippen LogP contribution in [-0.2, 0) is 20.6 Å². The Kier molecular flexibility index (Phi) is 5.94. The predicted molar refractivity (Wildman–Crippen MR) is 96.3 cm³/mol. The van der Waals surface area contributed by atoms with Crippen LogP contribution in [0.2, 0.25) is 5.02 Å². The standard InChI is InChI=1S/C17H25ClN2O3S/c1-17(2,3)19-16(21)14-8-10-20(11-9-14)24(22,23)12-13-4-6-15(18)7-5-13/h4-7,14H,8-12H2,1-3H3,(H,19,21). The maximum atomic E-state index is 12.5. The first-order chi connectivity index (χ1) is 11.1. The summed E-state index contributed by atoms with van der Waals surface area (Å²) >= 11 is 5.83. The van der Waals surface area contributed by atoms with Gasteiger partial charge in [0.05, 0.1) is 5.75 Å². The highest BCUT2D eigenvalue weighted by Gasteiger charge is 2.32. The van der Waals surface area contributed by atoms with Gasteiger partial charge in [-0.15, -0.1) is 0 Å². The first-order valence-electron chi connectivity index (χ1n) is 8.11. The molecule has 5 nitrogen and oxygen atoms in total. The van der Waals surface area contributed by atoms with Crippen LogP contribution in [0.15, 0.2) is 24.3 Å². The zero-order chi connectivity index (χ0) is 18.0. The van der Waals surface area contributed by atoms with E-state index in [1.165, 1.54) is 4.31 Å². The van der Waals surface area contributed by atoms with Crippen molar-refractivity contribution in [3.8, 4) is 0 Å². The quantitative estimate of drug-likeness (QED) is 0.883. The van der Waals surface area contributed by atoms with Gasteiger partial charge in [-0.1, -0.05) is 23.7 Å². The first-order valence-corrected chi connectivity index (χ1v) is 10.1. The van der Waals surface area contributed by atoms with Gasteiger partial charge in [0.25, 0.3) is 0 Å². The number of carbonyl (C=O) groups excluding carboxylic acids is 1. The normalized spacial score (nSPS) is 17.7. The smallest absolute Gasteiger partial charge is 0.223 e.